The van der Waals surface area contributed by atoms with Crippen molar-refractivity contribution in [3.8, 4) is 5.88 Å². The Balaban J connectivity index is 1.79. The van der Waals surface area contributed by atoms with Gasteiger partial charge in [0, 0.05) is 28.8 Å². The number of pyridine rings is 1. The van der Waals surface area contributed by atoms with Gasteiger partial charge in [-0.05, 0) is 29.8 Å². The smallest absolute Gasteiger partial charge is 0.251 e. The minimum Gasteiger partial charge on any atom is -0.481 e. The maximum Gasteiger partial charge on any atom is 0.251 e. The van der Waals surface area contributed by atoms with E-state index in [4.69, 9.17) is 4.74 Å². The standard InChI is InChI=1S/C16H16BrN3O3/c1-23-15-7-11(5-6-18-15)9-19-14(21)10-20-16(22)12-3-2-4-13(17)8-12/h2-8H,9-10H2,1H3,(H,19,21)(H,20,22). The molecule has 2 rings (SSSR count). The zero-order valence-corrected chi connectivity index (χ0v) is 14.1. The summed E-state index contributed by atoms with van der Waals surface area (Å²) in [6, 6.07) is 10.5. The van der Waals surface area contributed by atoms with E-state index in [1.54, 1.807) is 36.5 Å². The molecule has 0 aliphatic carbocycles. The number of hydrogen-bond acceptors (Lipinski definition) is 4. The van der Waals surface area contributed by atoms with E-state index in [0.717, 1.165) is 10.0 Å². The lowest BCUT2D eigenvalue weighted by atomic mass is 10.2. The number of rotatable bonds is 6. The summed E-state index contributed by atoms with van der Waals surface area (Å²) in [5, 5.41) is 5.30. The fourth-order valence-corrected chi connectivity index (χ4v) is 2.23. The van der Waals surface area contributed by atoms with Crippen LogP contribution in [0.5, 0.6) is 5.88 Å². The zero-order chi connectivity index (χ0) is 16.7. The molecule has 2 aromatic rings. The Bertz CT molecular complexity index is 706. The van der Waals surface area contributed by atoms with Crippen molar-refractivity contribution < 1.29 is 14.3 Å². The summed E-state index contributed by atoms with van der Waals surface area (Å²) in [6.45, 7) is 0.248. The summed E-state index contributed by atoms with van der Waals surface area (Å²) < 4.78 is 5.82. The molecule has 1 aromatic heterocycles. The topological polar surface area (TPSA) is 80.3 Å². The molecule has 0 aliphatic rings. The predicted octanol–water partition coefficient (Wildman–Crippen LogP) is 1.90. The number of ether oxygens (including phenoxy) is 1. The maximum absolute atomic E-state index is 11.9. The molecule has 1 aromatic carbocycles. The Morgan fingerprint density at radius 3 is 2.78 bits per heavy atom. The predicted molar refractivity (Wildman–Crippen MR) is 89.1 cm³/mol. The van der Waals surface area contributed by atoms with Gasteiger partial charge in [-0.25, -0.2) is 4.98 Å². The number of nitrogens with zero attached hydrogens (tertiary/aromatic N) is 1. The van der Waals surface area contributed by atoms with E-state index >= 15 is 0 Å². The first-order valence-corrected chi connectivity index (χ1v) is 7.67. The largest absolute Gasteiger partial charge is 0.481 e. The average molecular weight is 378 g/mol. The van der Waals surface area contributed by atoms with Crippen LogP contribution in [-0.4, -0.2) is 30.5 Å². The molecule has 0 saturated carbocycles. The molecule has 0 bridgehead atoms. The second-order valence-electron chi connectivity index (χ2n) is 4.68. The first-order valence-electron chi connectivity index (χ1n) is 6.88. The molecular weight excluding hydrogens is 362 g/mol. The normalized spacial score (nSPS) is 10.0. The van der Waals surface area contributed by atoms with E-state index in [0.29, 0.717) is 18.0 Å². The SMILES string of the molecule is COc1cc(CNC(=O)CNC(=O)c2cccc(Br)c2)ccn1. The molecule has 0 unspecified atom stereocenters. The zero-order valence-electron chi connectivity index (χ0n) is 12.5. The van der Waals surface area contributed by atoms with E-state index in [1.165, 1.54) is 7.11 Å². The molecular formula is C16H16BrN3O3. The van der Waals surface area contributed by atoms with E-state index in [2.05, 4.69) is 31.5 Å². The monoisotopic (exact) mass is 377 g/mol. The van der Waals surface area contributed by atoms with Gasteiger partial charge in [-0.3, -0.25) is 9.59 Å². The van der Waals surface area contributed by atoms with Crippen LogP contribution in [0, 0.1) is 0 Å². The van der Waals surface area contributed by atoms with Crippen LogP contribution < -0.4 is 15.4 Å². The second-order valence-corrected chi connectivity index (χ2v) is 5.59. The summed E-state index contributed by atoms with van der Waals surface area (Å²) >= 11 is 3.30. The third-order valence-corrected chi connectivity index (χ3v) is 3.49. The second kappa shape index (κ2) is 8.28. The van der Waals surface area contributed by atoms with E-state index < -0.39 is 0 Å². The Labute approximate surface area is 142 Å². The van der Waals surface area contributed by atoms with Gasteiger partial charge in [-0.1, -0.05) is 22.0 Å². The van der Waals surface area contributed by atoms with Crippen molar-refractivity contribution >= 4 is 27.7 Å². The van der Waals surface area contributed by atoms with Crippen LogP contribution in [0.15, 0.2) is 47.1 Å². The van der Waals surface area contributed by atoms with Crippen LogP contribution >= 0.6 is 15.9 Å². The Morgan fingerprint density at radius 2 is 2.04 bits per heavy atom. The number of carbonyl (C=O) groups excluding carboxylic acids is 2. The van der Waals surface area contributed by atoms with Crippen LogP contribution in [0.25, 0.3) is 0 Å². The van der Waals surface area contributed by atoms with Crippen molar-refractivity contribution in [2.75, 3.05) is 13.7 Å². The third-order valence-electron chi connectivity index (χ3n) is 2.99. The van der Waals surface area contributed by atoms with Crippen LogP contribution in [0.2, 0.25) is 0 Å². The Hall–Kier alpha value is -2.41. The first kappa shape index (κ1) is 17.0. The molecule has 7 heteroatoms. The van der Waals surface area contributed by atoms with E-state index in [1.807, 2.05) is 6.07 Å². The number of aromatic nitrogens is 1. The quantitative estimate of drug-likeness (QED) is 0.805. The molecule has 6 nitrogen and oxygen atoms in total. The number of halogens is 1. The first-order chi connectivity index (χ1) is 11.1. The number of benzene rings is 1. The molecule has 0 radical (unpaired) electrons. The van der Waals surface area contributed by atoms with Gasteiger partial charge in [0.15, 0.2) is 0 Å². The number of nitrogens with one attached hydrogen (secondary N) is 2. The summed E-state index contributed by atoms with van der Waals surface area (Å²) in [4.78, 5) is 27.7. The molecule has 2 N–H and O–H groups in total. The lowest BCUT2D eigenvalue weighted by Crippen LogP contribution is -2.36. The van der Waals surface area contributed by atoms with Gasteiger partial charge >= 0.3 is 0 Å². The Kier molecular flexibility index (Phi) is 6.10. The summed E-state index contributed by atoms with van der Waals surface area (Å²) in [5.41, 5.74) is 1.36. The number of amides is 2. The number of hydrogen-bond donors (Lipinski definition) is 2. The fraction of sp³-hybridized carbons (Fsp3) is 0.188. The van der Waals surface area contributed by atoms with Gasteiger partial charge in [0.25, 0.3) is 5.91 Å². The average Bonchev–Trinajstić information content (AvgIpc) is 2.58. The van der Waals surface area contributed by atoms with Crippen molar-refractivity contribution in [2.45, 2.75) is 6.54 Å². The van der Waals surface area contributed by atoms with Crippen molar-refractivity contribution in [3.63, 3.8) is 0 Å². The van der Waals surface area contributed by atoms with Crippen molar-refractivity contribution in [1.29, 1.82) is 0 Å². The summed E-state index contributed by atoms with van der Waals surface area (Å²) in [7, 11) is 1.53. The fourth-order valence-electron chi connectivity index (χ4n) is 1.83. The molecule has 0 fully saturated rings. The third kappa shape index (κ3) is 5.37. The van der Waals surface area contributed by atoms with Crippen LogP contribution in [-0.2, 0) is 11.3 Å². The Morgan fingerprint density at radius 1 is 1.22 bits per heavy atom. The molecule has 0 atom stereocenters. The lowest BCUT2D eigenvalue weighted by Gasteiger charge is -2.08. The summed E-state index contributed by atoms with van der Waals surface area (Å²) in [5.74, 6) is -0.0872. The molecule has 0 saturated heterocycles. The highest BCUT2D eigenvalue weighted by Crippen LogP contribution is 2.11. The number of carbonyl (C=O) groups is 2. The van der Waals surface area contributed by atoms with Gasteiger partial charge in [-0.2, -0.15) is 0 Å². The van der Waals surface area contributed by atoms with Gasteiger partial charge in [0.05, 0.1) is 13.7 Å². The van der Waals surface area contributed by atoms with E-state index in [9.17, 15) is 9.59 Å². The van der Waals surface area contributed by atoms with Gasteiger partial charge < -0.3 is 15.4 Å². The molecule has 1 heterocycles. The van der Waals surface area contributed by atoms with Crippen molar-refractivity contribution in [3.05, 3.63) is 58.2 Å². The lowest BCUT2D eigenvalue weighted by molar-refractivity contribution is -0.120. The molecule has 120 valence electrons. The minimum atomic E-state index is -0.299. The van der Waals surface area contributed by atoms with Crippen molar-refractivity contribution in [2.24, 2.45) is 0 Å². The maximum atomic E-state index is 11.9. The molecule has 23 heavy (non-hydrogen) atoms. The van der Waals surface area contributed by atoms with Crippen LogP contribution in [0.3, 0.4) is 0 Å². The number of methoxy groups -OCH3 is 1. The molecule has 0 spiro atoms. The van der Waals surface area contributed by atoms with Gasteiger partial charge in [0.2, 0.25) is 11.8 Å². The van der Waals surface area contributed by atoms with Gasteiger partial charge in [0.1, 0.15) is 0 Å². The van der Waals surface area contributed by atoms with Crippen LogP contribution in [0.4, 0.5) is 0 Å². The minimum absolute atomic E-state index is 0.0897. The molecule has 2 amide bonds. The van der Waals surface area contributed by atoms with E-state index in [-0.39, 0.29) is 18.4 Å². The van der Waals surface area contributed by atoms with Gasteiger partial charge in [-0.15, -0.1) is 0 Å². The highest BCUT2D eigenvalue weighted by molar-refractivity contribution is 9.10. The summed E-state index contributed by atoms with van der Waals surface area (Å²) in [6.07, 6.45) is 1.61. The van der Waals surface area contributed by atoms with Crippen molar-refractivity contribution in [1.82, 2.24) is 15.6 Å². The highest BCUT2D eigenvalue weighted by Gasteiger charge is 2.08. The molecule has 0 aliphatic heterocycles. The highest BCUT2D eigenvalue weighted by atomic mass is 79.9. The van der Waals surface area contributed by atoms with Crippen LogP contribution in [0.1, 0.15) is 15.9 Å².